The number of aliphatic hydroxyl groups excluding tert-OH is 1. The lowest BCUT2D eigenvalue weighted by atomic mass is 10.2. The molecule has 0 spiro atoms. The van der Waals surface area contributed by atoms with E-state index in [0.717, 1.165) is 0 Å². The van der Waals surface area contributed by atoms with Crippen molar-refractivity contribution in [1.82, 2.24) is 4.98 Å². The van der Waals surface area contributed by atoms with Crippen molar-refractivity contribution in [3.05, 3.63) is 22.9 Å². The Labute approximate surface area is 97.1 Å². The molecule has 1 aromatic heterocycles. The van der Waals surface area contributed by atoms with Crippen molar-refractivity contribution in [1.29, 1.82) is 0 Å². The second-order valence-electron chi connectivity index (χ2n) is 2.79. The first-order valence-corrected chi connectivity index (χ1v) is 5.53. The summed E-state index contributed by atoms with van der Waals surface area (Å²) in [6.45, 7) is 3.35. The van der Waals surface area contributed by atoms with Gasteiger partial charge in [-0.1, -0.05) is 0 Å². The van der Waals surface area contributed by atoms with Gasteiger partial charge in [0.2, 0.25) is 5.13 Å². The topological polar surface area (TPSA) is 71.8 Å². The highest BCUT2D eigenvalue weighted by atomic mass is 32.1. The molecule has 86 valence electrons. The van der Waals surface area contributed by atoms with E-state index in [1.807, 2.05) is 0 Å². The summed E-state index contributed by atoms with van der Waals surface area (Å²) in [4.78, 5) is 19.3. The van der Waals surface area contributed by atoms with Gasteiger partial charge in [-0.05, 0) is 13.8 Å². The van der Waals surface area contributed by atoms with Crippen LogP contribution in [0.1, 0.15) is 13.8 Å². The molecule has 0 unspecified atom stereocenters. The first-order chi connectivity index (χ1) is 7.65. The van der Waals surface area contributed by atoms with E-state index in [1.54, 1.807) is 18.5 Å². The maximum Gasteiger partial charge on any atom is 0.343 e. The molecule has 0 fully saturated rings. The second-order valence-corrected chi connectivity index (χ2v) is 3.67. The molecule has 1 aromatic rings. The summed E-state index contributed by atoms with van der Waals surface area (Å²) in [6, 6.07) is 0. The van der Waals surface area contributed by atoms with Gasteiger partial charge in [0.05, 0.1) is 6.61 Å². The number of hydrogen-bond acceptors (Lipinski definition) is 6. The van der Waals surface area contributed by atoms with E-state index in [0.29, 0.717) is 5.13 Å². The SMILES string of the molecule is CCOC(=O)C(/C=N/c1nccs1)=C(\C)O. The Kier molecular flexibility index (Phi) is 4.65. The number of allylic oxidation sites excluding steroid dienone is 1. The third-order valence-corrected chi connectivity index (χ3v) is 2.29. The van der Waals surface area contributed by atoms with Crippen LogP contribution in [0, 0.1) is 0 Å². The van der Waals surface area contributed by atoms with Gasteiger partial charge in [-0.3, -0.25) is 0 Å². The number of thiazole rings is 1. The molecule has 6 heteroatoms. The third-order valence-electron chi connectivity index (χ3n) is 1.61. The van der Waals surface area contributed by atoms with Crippen molar-refractivity contribution < 1.29 is 14.6 Å². The molecule has 16 heavy (non-hydrogen) atoms. The molecule has 0 bridgehead atoms. The number of ether oxygens (including phenoxy) is 1. The van der Waals surface area contributed by atoms with Crippen LogP contribution in [-0.2, 0) is 9.53 Å². The van der Waals surface area contributed by atoms with Crippen LogP contribution in [0.2, 0.25) is 0 Å². The Balaban J connectivity index is 2.82. The number of hydrogen-bond donors (Lipinski definition) is 1. The first kappa shape index (κ1) is 12.4. The van der Waals surface area contributed by atoms with Crippen molar-refractivity contribution in [2.24, 2.45) is 4.99 Å². The predicted octanol–water partition coefficient (Wildman–Crippen LogP) is 2.24. The number of carbonyl (C=O) groups excluding carboxylic acids is 1. The van der Waals surface area contributed by atoms with Gasteiger partial charge in [0.25, 0.3) is 0 Å². The summed E-state index contributed by atoms with van der Waals surface area (Å²) < 4.78 is 4.77. The van der Waals surface area contributed by atoms with Crippen molar-refractivity contribution in [3.8, 4) is 0 Å². The molecule has 0 aliphatic heterocycles. The minimum atomic E-state index is -0.595. The Morgan fingerprint density at radius 1 is 1.75 bits per heavy atom. The molecule has 5 nitrogen and oxygen atoms in total. The predicted molar refractivity (Wildman–Crippen MR) is 62.2 cm³/mol. The Morgan fingerprint density at radius 2 is 2.50 bits per heavy atom. The average molecular weight is 240 g/mol. The Hall–Kier alpha value is -1.69. The van der Waals surface area contributed by atoms with E-state index in [2.05, 4.69) is 9.98 Å². The molecule has 1 N–H and O–H groups in total. The van der Waals surface area contributed by atoms with Gasteiger partial charge in [-0.15, -0.1) is 11.3 Å². The van der Waals surface area contributed by atoms with Gasteiger partial charge >= 0.3 is 5.97 Å². The fourth-order valence-corrected chi connectivity index (χ4v) is 1.38. The summed E-state index contributed by atoms with van der Waals surface area (Å²) in [7, 11) is 0. The number of aliphatic hydroxyl groups is 1. The van der Waals surface area contributed by atoms with Crippen molar-refractivity contribution >= 4 is 28.7 Å². The van der Waals surface area contributed by atoms with Crippen molar-refractivity contribution in [2.75, 3.05) is 6.61 Å². The first-order valence-electron chi connectivity index (χ1n) is 4.65. The van der Waals surface area contributed by atoms with E-state index in [1.165, 1.54) is 24.5 Å². The number of nitrogens with zero attached hydrogens (tertiary/aromatic N) is 2. The van der Waals surface area contributed by atoms with Crippen LogP contribution < -0.4 is 0 Å². The van der Waals surface area contributed by atoms with Crippen LogP contribution in [0.4, 0.5) is 5.13 Å². The highest BCUT2D eigenvalue weighted by Crippen LogP contribution is 2.14. The molecule has 1 heterocycles. The Bertz CT molecular complexity index is 406. The Morgan fingerprint density at radius 3 is 3.00 bits per heavy atom. The largest absolute Gasteiger partial charge is 0.512 e. The van der Waals surface area contributed by atoms with Crippen LogP contribution in [0.3, 0.4) is 0 Å². The zero-order chi connectivity index (χ0) is 12.0. The zero-order valence-corrected chi connectivity index (χ0v) is 9.82. The maximum absolute atomic E-state index is 11.4. The third kappa shape index (κ3) is 3.47. The van der Waals surface area contributed by atoms with Gasteiger partial charge in [0.15, 0.2) is 0 Å². The molecule has 0 aliphatic rings. The van der Waals surface area contributed by atoms with Crippen LogP contribution in [0.25, 0.3) is 0 Å². The molecule has 1 rings (SSSR count). The van der Waals surface area contributed by atoms with Crippen molar-refractivity contribution in [2.45, 2.75) is 13.8 Å². The fraction of sp³-hybridized carbons (Fsp3) is 0.300. The number of aliphatic imine (C=N–C) groups is 1. The summed E-state index contributed by atoms with van der Waals surface area (Å²) in [5.41, 5.74) is 0.0389. The summed E-state index contributed by atoms with van der Waals surface area (Å²) in [5.74, 6) is -0.721. The molecule has 0 saturated heterocycles. The smallest absolute Gasteiger partial charge is 0.343 e. The maximum atomic E-state index is 11.4. The molecule has 0 aliphatic carbocycles. The summed E-state index contributed by atoms with van der Waals surface area (Å²) >= 11 is 1.34. The number of carbonyl (C=O) groups is 1. The van der Waals surface area contributed by atoms with Crippen LogP contribution in [0.15, 0.2) is 27.9 Å². The van der Waals surface area contributed by atoms with E-state index in [9.17, 15) is 9.90 Å². The quantitative estimate of drug-likeness (QED) is 0.379. The highest BCUT2D eigenvalue weighted by molar-refractivity contribution is 7.13. The molecular formula is C10H12N2O3S. The van der Waals surface area contributed by atoms with E-state index >= 15 is 0 Å². The standard InChI is InChI=1S/C10H12N2O3S/c1-3-15-9(14)8(7(2)13)6-12-10-11-4-5-16-10/h4-6,13H,3H2,1-2H3/b8-7+,12-6+. The van der Waals surface area contributed by atoms with Crippen LogP contribution in [0.5, 0.6) is 0 Å². The van der Waals surface area contributed by atoms with Gasteiger partial charge < -0.3 is 9.84 Å². The van der Waals surface area contributed by atoms with E-state index in [4.69, 9.17) is 4.74 Å². The zero-order valence-electron chi connectivity index (χ0n) is 9.01. The van der Waals surface area contributed by atoms with Gasteiger partial charge in [0, 0.05) is 17.8 Å². The lowest BCUT2D eigenvalue weighted by Gasteiger charge is -2.02. The molecule has 0 aromatic carbocycles. The van der Waals surface area contributed by atoms with Crippen molar-refractivity contribution in [3.63, 3.8) is 0 Å². The van der Waals surface area contributed by atoms with Crippen LogP contribution in [-0.4, -0.2) is 28.9 Å². The molecule has 0 saturated carbocycles. The lowest BCUT2D eigenvalue weighted by molar-refractivity contribution is -0.138. The van der Waals surface area contributed by atoms with Gasteiger partial charge in [-0.25, -0.2) is 14.8 Å². The van der Waals surface area contributed by atoms with Gasteiger partial charge in [0.1, 0.15) is 11.3 Å². The normalized spacial score (nSPS) is 12.6. The van der Waals surface area contributed by atoms with E-state index < -0.39 is 5.97 Å². The average Bonchev–Trinajstić information content (AvgIpc) is 2.70. The van der Waals surface area contributed by atoms with E-state index in [-0.39, 0.29) is 17.9 Å². The highest BCUT2D eigenvalue weighted by Gasteiger charge is 2.11. The molecule has 0 amide bonds. The number of rotatable bonds is 4. The minimum Gasteiger partial charge on any atom is -0.512 e. The molecule has 0 radical (unpaired) electrons. The van der Waals surface area contributed by atoms with Gasteiger partial charge in [-0.2, -0.15) is 0 Å². The molecule has 0 atom stereocenters. The second kappa shape index (κ2) is 6.02. The van der Waals surface area contributed by atoms with Crippen LogP contribution >= 0.6 is 11.3 Å². The fourth-order valence-electron chi connectivity index (χ4n) is 0.902. The number of aromatic nitrogens is 1. The number of esters is 1. The monoisotopic (exact) mass is 240 g/mol. The summed E-state index contributed by atoms with van der Waals surface area (Å²) in [5, 5.41) is 11.6. The molecular weight excluding hydrogens is 228 g/mol. The minimum absolute atomic E-state index is 0.0389. The lowest BCUT2D eigenvalue weighted by Crippen LogP contribution is -2.10. The summed E-state index contributed by atoms with van der Waals surface area (Å²) in [6.07, 6.45) is 2.86.